The number of hydrogen-bond acceptors (Lipinski definition) is 2. The molecule has 0 amide bonds. The summed E-state index contributed by atoms with van der Waals surface area (Å²) in [5.41, 5.74) is 0. The Morgan fingerprint density at radius 2 is 0.971 bits per heavy atom. The van der Waals surface area contributed by atoms with Crippen LogP contribution in [0.15, 0.2) is 0 Å². The Hall–Kier alpha value is 1.02. The van der Waals surface area contributed by atoms with Crippen molar-refractivity contribution in [3.05, 3.63) is 6.92 Å². The van der Waals surface area contributed by atoms with Crippen molar-refractivity contribution in [2.24, 2.45) is 59.2 Å². The van der Waals surface area contributed by atoms with Gasteiger partial charge >= 0.3 is 0 Å². The maximum atomic E-state index is 5.59. The summed E-state index contributed by atoms with van der Waals surface area (Å²) >= 11 is 0. The van der Waals surface area contributed by atoms with Gasteiger partial charge in [-0.25, -0.2) is 0 Å². The molecule has 0 spiro atoms. The second-order valence-corrected chi connectivity index (χ2v) is 12.2. The second kappa shape index (κ2) is 18.3. The van der Waals surface area contributed by atoms with Gasteiger partial charge < -0.3 is 16.4 Å². The molecule has 1 heterocycles. The van der Waals surface area contributed by atoms with E-state index in [0.717, 1.165) is 91.7 Å². The van der Waals surface area contributed by atoms with E-state index in [1.807, 2.05) is 0 Å². The van der Waals surface area contributed by atoms with E-state index in [2.05, 4.69) is 76.2 Å². The molecule has 3 heteroatoms. The van der Waals surface area contributed by atoms with Gasteiger partial charge in [-0.1, -0.05) is 82.1 Å². The molecule has 3 fully saturated rings. The van der Waals surface area contributed by atoms with Crippen LogP contribution in [0.3, 0.4) is 0 Å². The fraction of sp³-hybridized carbons (Fsp3) is 0.968. The molecule has 3 rings (SSSR count). The molecule has 1 radical (unpaired) electrons. The minimum absolute atomic E-state index is 0. The Kier molecular flexibility index (Phi) is 18.9. The number of rotatable bonds is 6. The van der Waals surface area contributed by atoms with E-state index in [0.29, 0.717) is 0 Å². The first-order valence-electron chi connectivity index (χ1n) is 14.6. The van der Waals surface area contributed by atoms with Gasteiger partial charge in [0, 0.05) is 45.9 Å². The first-order valence-corrected chi connectivity index (χ1v) is 14.6. The zero-order valence-corrected chi connectivity index (χ0v) is 27.7. The third kappa shape index (κ3) is 10.8. The Morgan fingerprint density at radius 3 is 1.26 bits per heavy atom. The van der Waals surface area contributed by atoms with Gasteiger partial charge in [0.2, 0.25) is 0 Å². The van der Waals surface area contributed by atoms with Crippen molar-refractivity contribution in [1.82, 2.24) is 0 Å². The summed E-state index contributed by atoms with van der Waals surface area (Å²) in [4.78, 5) is 0. The topological polar surface area (TPSA) is 18.5 Å². The molecule has 2 aliphatic carbocycles. The van der Waals surface area contributed by atoms with Crippen LogP contribution in [0.25, 0.3) is 0 Å². The van der Waals surface area contributed by atoms with Crippen molar-refractivity contribution >= 4 is 0 Å². The summed E-state index contributed by atoms with van der Waals surface area (Å²) < 4.78 is 11.0. The fourth-order valence-electron chi connectivity index (χ4n) is 6.30. The molecule has 1 unspecified atom stereocenters. The van der Waals surface area contributed by atoms with Crippen LogP contribution >= 0.6 is 0 Å². The SMILES string of the molecule is CC1C(C)C(C)C(C)C1C.CC1C(C)C(C)C(C)C1C.[CH2-]CCCCCOC1CCCCO1.[Y]. The van der Waals surface area contributed by atoms with Crippen molar-refractivity contribution in [2.45, 2.75) is 120 Å². The van der Waals surface area contributed by atoms with E-state index >= 15 is 0 Å². The van der Waals surface area contributed by atoms with Crippen molar-refractivity contribution in [1.29, 1.82) is 0 Å². The van der Waals surface area contributed by atoms with Crippen LogP contribution in [-0.2, 0) is 42.2 Å². The van der Waals surface area contributed by atoms with Crippen LogP contribution in [0.2, 0.25) is 0 Å². The summed E-state index contributed by atoms with van der Waals surface area (Å²) in [6.07, 6.45) is 8.26. The Balaban J connectivity index is 0.000000479. The van der Waals surface area contributed by atoms with Crippen molar-refractivity contribution in [3.63, 3.8) is 0 Å². The van der Waals surface area contributed by atoms with E-state index in [-0.39, 0.29) is 39.0 Å². The van der Waals surface area contributed by atoms with E-state index in [1.54, 1.807) is 0 Å². The molecule has 2 saturated carbocycles. The van der Waals surface area contributed by atoms with Crippen LogP contribution in [0.5, 0.6) is 0 Å². The summed E-state index contributed by atoms with van der Waals surface area (Å²) in [6.45, 7) is 29.5. The molecule has 1 atom stereocenters. The molecule has 0 bridgehead atoms. The van der Waals surface area contributed by atoms with Crippen molar-refractivity contribution in [2.75, 3.05) is 13.2 Å². The Labute approximate surface area is 240 Å². The van der Waals surface area contributed by atoms with Gasteiger partial charge in [0.05, 0.1) is 0 Å². The minimum Gasteiger partial charge on any atom is -0.353 e. The van der Waals surface area contributed by atoms with Crippen LogP contribution < -0.4 is 0 Å². The zero-order valence-electron chi connectivity index (χ0n) is 24.8. The first kappa shape index (κ1) is 35.0. The van der Waals surface area contributed by atoms with Gasteiger partial charge in [-0.15, -0.1) is 0 Å². The summed E-state index contributed by atoms with van der Waals surface area (Å²) in [5, 5.41) is 0. The molecule has 34 heavy (non-hydrogen) atoms. The van der Waals surface area contributed by atoms with Crippen LogP contribution in [0, 0.1) is 66.1 Å². The molecule has 0 aromatic rings. The molecule has 0 aromatic carbocycles. The normalized spacial score (nSPS) is 41.6. The molecule has 1 aliphatic heterocycles. The first-order chi connectivity index (χ1) is 15.5. The predicted molar refractivity (Wildman–Crippen MR) is 145 cm³/mol. The smallest absolute Gasteiger partial charge is 0.157 e. The quantitative estimate of drug-likeness (QED) is 0.241. The Morgan fingerprint density at radius 1 is 0.588 bits per heavy atom. The molecule has 0 N–H and O–H groups in total. The molecule has 3 aliphatic rings. The van der Waals surface area contributed by atoms with E-state index in [4.69, 9.17) is 9.47 Å². The fourth-order valence-corrected chi connectivity index (χ4v) is 6.30. The van der Waals surface area contributed by atoms with Gasteiger partial charge in [-0.3, -0.25) is 0 Å². The molecule has 201 valence electrons. The molecule has 0 aromatic heterocycles. The molecular formula is C31H61O2Y-. The largest absolute Gasteiger partial charge is 0.353 e. The maximum Gasteiger partial charge on any atom is 0.157 e. The number of ether oxygens (including phenoxy) is 2. The third-order valence-electron chi connectivity index (χ3n) is 10.6. The summed E-state index contributed by atoms with van der Waals surface area (Å²) in [6, 6.07) is 0. The predicted octanol–water partition coefficient (Wildman–Crippen LogP) is 9.28. The van der Waals surface area contributed by atoms with Gasteiger partial charge in [0.15, 0.2) is 6.29 Å². The number of hydrogen-bond donors (Lipinski definition) is 0. The average molecular weight is 555 g/mol. The average Bonchev–Trinajstić information content (AvgIpc) is 3.10. The zero-order chi connectivity index (χ0) is 25.1. The maximum absolute atomic E-state index is 5.59. The van der Waals surface area contributed by atoms with E-state index in [9.17, 15) is 0 Å². The number of unbranched alkanes of at least 4 members (excludes halogenated alkanes) is 3. The second-order valence-electron chi connectivity index (χ2n) is 12.2. The van der Waals surface area contributed by atoms with Crippen LogP contribution in [0.1, 0.15) is 114 Å². The third-order valence-corrected chi connectivity index (χ3v) is 10.6. The Bertz CT molecular complexity index is 372. The molecular weight excluding hydrogens is 493 g/mol. The molecule has 2 nitrogen and oxygen atoms in total. The van der Waals surface area contributed by atoms with Gasteiger partial charge in [0.25, 0.3) is 0 Å². The monoisotopic (exact) mass is 554 g/mol. The van der Waals surface area contributed by atoms with Crippen molar-refractivity contribution in [3.8, 4) is 0 Å². The summed E-state index contributed by atoms with van der Waals surface area (Å²) in [7, 11) is 0. The van der Waals surface area contributed by atoms with Crippen LogP contribution in [0.4, 0.5) is 0 Å². The van der Waals surface area contributed by atoms with Crippen molar-refractivity contribution < 1.29 is 42.2 Å². The molecule has 1 saturated heterocycles. The van der Waals surface area contributed by atoms with E-state index < -0.39 is 0 Å². The summed E-state index contributed by atoms with van der Waals surface area (Å²) in [5.74, 6) is 9.35. The van der Waals surface area contributed by atoms with Gasteiger partial charge in [-0.05, 0) is 84.9 Å². The van der Waals surface area contributed by atoms with Crippen LogP contribution in [-0.4, -0.2) is 19.5 Å². The van der Waals surface area contributed by atoms with Gasteiger partial charge in [0.1, 0.15) is 0 Å². The standard InChI is InChI=1S/C11H21O2.2C10H20.Y/c1-2-3-4-6-9-12-11-8-5-7-10-13-11;2*1-6-7(2)9(4)10(5)8(6)3;/h11H,1-10H2;2*6-10H,1-5H3;/q-1;;;. The van der Waals surface area contributed by atoms with E-state index in [1.165, 1.54) is 25.7 Å². The minimum atomic E-state index is 0. The van der Waals surface area contributed by atoms with Gasteiger partial charge in [-0.2, -0.15) is 6.42 Å².